The summed E-state index contributed by atoms with van der Waals surface area (Å²) in [6.07, 6.45) is 0. The molecule has 2 aromatic carbocycles. The summed E-state index contributed by atoms with van der Waals surface area (Å²) in [7, 11) is 0. The molecule has 0 bridgehead atoms. The van der Waals surface area contributed by atoms with Crippen LogP contribution in [0.15, 0.2) is 54.6 Å². The van der Waals surface area contributed by atoms with Gasteiger partial charge in [0.25, 0.3) is 0 Å². The van der Waals surface area contributed by atoms with Crippen molar-refractivity contribution >= 4 is 17.5 Å². The van der Waals surface area contributed by atoms with E-state index >= 15 is 0 Å². The van der Waals surface area contributed by atoms with Gasteiger partial charge in [-0.1, -0.05) is 54.1 Å². The van der Waals surface area contributed by atoms with Crippen LogP contribution in [-0.4, -0.2) is 12.5 Å². The number of nitrogens with two attached hydrogens (primary N) is 1. The largest absolute Gasteiger partial charge is 0.351 e. The molecule has 0 spiro atoms. The van der Waals surface area contributed by atoms with Gasteiger partial charge < -0.3 is 11.1 Å². The molecule has 3 nitrogen and oxygen atoms in total. The van der Waals surface area contributed by atoms with E-state index < -0.39 is 0 Å². The van der Waals surface area contributed by atoms with Crippen molar-refractivity contribution in [3.63, 3.8) is 0 Å². The molecule has 1 unspecified atom stereocenters. The van der Waals surface area contributed by atoms with Gasteiger partial charge in [0.2, 0.25) is 5.91 Å². The summed E-state index contributed by atoms with van der Waals surface area (Å²) in [6.45, 7) is 0.760. The van der Waals surface area contributed by atoms with Crippen molar-refractivity contribution in [2.45, 2.75) is 12.5 Å². The maximum Gasteiger partial charge on any atom is 0.229 e. The van der Waals surface area contributed by atoms with Crippen LogP contribution in [0.4, 0.5) is 0 Å². The zero-order chi connectivity index (χ0) is 14.4. The first-order chi connectivity index (χ1) is 9.70. The lowest BCUT2D eigenvalue weighted by molar-refractivity contribution is -0.122. The summed E-state index contributed by atoms with van der Waals surface area (Å²) < 4.78 is 0. The number of carbonyl (C=O) groups is 1. The second-order valence-corrected chi connectivity index (χ2v) is 4.98. The predicted molar refractivity (Wildman–Crippen MR) is 81.5 cm³/mol. The van der Waals surface area contributed by atoms with E-state index in [4.69, 9.17) is 17.3 Å². The van der Waals surface area contributed by atoms with Crippen LogP contribution < -0.4 is 11.1 Å². The van der Waals surface area contributed by atoms with Gasteiger partial charge in [0.15, 0.2) is 0 Å². The fourth-order valence-corrected chi connectivity index (χ4v) is 2.12. The molecule has 104 valence electrons. The van der Waals surface area contributed by atoms with E-state index in [-0.39, 0.29) is 18.4 Å². The Morgan fingerprint density at radius 1 is 1.10 bits per heavy atom. The average molecular weight is 289 g/mol. The van der Waals surface area contributed by atoms with Gasteiger partial charge in [0.1, 0.15) is 0 Å². The second kappa shape index (κ2) is 7.08. The maximum absolute atomic E-state index is 12.2. The molecule has 0 aliphatic carbocycles. The summed E-state index contributed by atoms with van der Waals surface area (Å²) >= 11 is 5.82. The number of benzene rings is 2. The molecule has 4 heteroatoms. The van der Waals surface area contributed by atoms with E-state index in [0.29, 0.717) is 11.6 Å². The van der Waals surface area contributed by atoms with Gasteiger partial charge in [-0.15, -0.1) is 0 Å². The Balaban J connectivity index is 1.98. The smallest absolute Gasteiger partial charge is 0.229 e. The molecule has 0 saturated heterocycles. The van der Waals surface area contributed by atoms with Gasteiger partial charge in [-0.3, -0.25) is 4.79 Å². The average Bonchev–Trinajstić information content (AvgIpc) is 2.48. The zero-order valence-electron chi connectivity index (χ0n) is 11.1. The van der Waals surface area contributed by atoms with Crippen LogP contribution in [0.25, 0.3) is 0 Å². The standard InChI is InChI=1S/C16H17ClN2O/c17-14-8-6-12(7-9-14)11-19-16(20)15(10-18)13-4-2-1-3-5-13/h1-9,15H,10-11,18H2,(H,19,20). The molecule has 1 atom stereocenters. The number of hydrogen-bond donors (Lipinski definition) is 2. The highest BCUT2D eigenvalue weighted by atomic mass is 35.5. The van der Waals surface area contributed by atoms with Crippen molar-refractivity contribution in [1.29, 1.82) is 0 Å². The van der Waals surface area contributed by atoms with Crippen molar-refractivity contribution < 1.29 is 4.79 Å². The summed E-state index contributed by atoms with van der Waals surface area (Å²) in [5.74, 6) is -0.378. The molecule has 20 heavy (non-hydrogen) atoms. The summed E-state index contributed by atoms with van der Waals surface area (Å²) in [5.41, 5.74) is 7.66. The van der Waals surface area contributed by atoms with Crippen LogP contribution in [0.2, 0.25) is 5.02 Å². The third kappa shape index (κ3) is 3.83. The highest BCUT2D eigenvalue weighted by Crippen LogP contribution is 2.15. The molecule has 0 fully saturated rings. The summed E-state index contributed by atoms with van der Waals surface area (Å²) in [4.78, 5) is 12.2. The first kappa shape index (κ1) is 14.6. The van der Waals surface area contributed by atoms with E-state index in [9.17, 15) is 4.79 Å². The van der Waals surface area contributed by atoms with E-state index in [1.807, 2.05) is 42.5 Å². The molecule has 0 aromatic heterocycles. The monoisotopic (exact) mass is 288 g/mol. The molecule has 0 saturated carbocycles. The fourth-order valence-electron chi connectivity index (χ4n) is 1.99. The highest BCUT2D eigenvalue weighted by Gasteiger charge is 2.18. The van der Waals surface area contributed by atoms with Crippen LogP contribution >= 0.6 is 11.6 Å². The number of carbonyl (C=O) groups excluding carboxylic acids is 1. The van der Waals surface area contributed by atoms with Crippen molar-refractivity contribution in [2.24, 2.45) is 5.73 Å². The molecule has 0 radical (unpaired) electrons. The molecule has 0 aliphatic rings. The lowest BCUT2D eigenvalue weighted by Crippen LogP contribution is -2.33. The minimum absolute atomic E-state index is 0.0614. The molecular weight excluding hydrogens is 272 g/mol. The maximum atomic E-state index is 12.2. The van der Waals surface area contributed by atoms with Gasteiger partial charge in [-0.05, 0) is 23.3 Å². The van der Waals surface area contributed by atoms with Gasteiger partial charge >= 0.3 is 0 Å². The van der Waals surface area contributed by atoms with Crippen LogP contribution in [-0.2, 0) is 11.3 Å². The molecule has 3 N–H and O–H groups in total. The molecule has 1 amide bonds. The van der Waals surface area contributed by atoms with Crippen LogP contribution in [0.3, 0.4) is 0 Å². The van der Waals surface area contributed by atoms with Crippen molar-refractivity contribution in [1.82, 2.24) is 5.32 Å². The molecule has 0 aliphatic heterocycles. The molecule has 2 rings (SSSR count). The lowest BCUT2D eigenvalue weighted by atomic mass is 9.98. The van der Waals surface area contributed by atoms with Crippen LogP contribution in [0, 0.1) is 0 Å². The summed E-state index contributed by atoms with van der Waals surface area (Å²) in [5, 5.41) is 3.59. The van der Waals surface area contributed by atoms with E-state index in [0.717, 1.165) is 11.1 Å². The van der Waals surface area contributed by atoms with Crippen molar-refractivity contribution in [3.8, 4) is 0 Å². The van der Waals surface area contributed by atoms with E-state index in [1.54, 1.807) is 12.1 Å². The Bertz CT molecular complexity index is 554. The predicted octanol–water partition coefficient (Wildman–Crippen LogP) is 2.70. The van der Waals surface area contributed by atoms with Gasteiger partial charge in [-0.25, -0.2) is 0 Å². The Hall–Kier alpha value is -1.84. The number of amides is 1. The molecule has 0 heterocycles. The second-order valence-electron chi connectivity index (χ2n) is 4.54. The van der Waals surface area contributed by atoms with Crippen LogP contribution in [0.5, 0.6) is 0 Å². The third-order valence-corrected chi connectivity index (χ3v) is 3.39. The lowest BCUT2D eigenvalue weighted by Gasteiger charge is -2.15. The third-order valence-electron chi connectivity index (χ3n) is 3.13. The quantitative estimate of drug-likeness (QED) is 0.889. The van der Waals surface area contributed by atoms with Crippen LogP contribution in [0.1, 0.15) is 17.0 Å². The Morgan fingerprint density at radius 2 is 1.75 bits per heavy atom. The Morgan fingerprint density at radius 3 is 2.35 bits per heavy atom. The van der Waals surface area contributed by atoms with Crippen molar-refractivity contribution in [2.75, 3.05) is 6.54 Å². The van der Waals surface area contributed by atoms with Gasteiger partial charge in [-0.2, -0.15) is 0 Å². The topological polar surface area (TPSA) is 55.1 Å². The van der Waals surface area contributed by atoms with Gasteiger partial charge in [0.05, 0.1) is 5.92 Å². The highest BCUT2D eigenvalue weighted by molar-refractivity contribution is 6.30. The number of hydrogen-bond acceptors (Lipinski definition) is 2. The fraction of sp³-hybridized carbons (Fsp3) is 0.188. The van der Waals surface area contributed by atoms with Crippen molar-refractivity contribution in [3.05, 3.63) is 70.7 Å². The molecular formula is C16H17ClN2O. The van der Waals surface area contributed by atoms with Gasteiger partial charge in [0, 0.05) is 18.1 Å². The zero-order valence-corrected chi connectivity index (χ0v) is 11.8. The molecule has 2 aromatic rings. The van der Waals surface area contributed by atoms with E-state index in [1.165, 1.54) is 0 Å². The SMILES string of the molecule is NCC(C(=O)NCc1ccc(Cl)cc1)c1ccccc1. The van der Waals surface area contributed by atoms with E-state index in [2.05, 4.69) is 5.32 Å². The normalized spacial score (nSPS) is 11.9. The first-order valence-electron chi connectivity index (χ1n) is 6.48. The number of rotatable bonds is 5. The minimum atomic E-state index is -0.316. The number of nitrogens with one attached hydrogen (secondary N) is 1. The Kier molecular flexibility index (Phi) is 5.16. The minimum Gasteiger partial charge on any atom is -0.351 e. The first-order valence-corrected chi connectivity index (χ1v) is 6.85. The summed E-state index contributed by atoms with van der Waals surface area (Å²) in [6, 6.07) is 17.0. The number of halogens is 1. The Labute approximate surface area is 123 Å².